The van der Waals surface area contributed by atoms with Gasteiger partial charge in [0.15, 0.2) is 5.82 Å². The third-order valence-electron chi connectivity index (χ3n) is 8.48. The number of benzene rings is 2. The van der Waals surface area contributed by atoms with Gasteiger partial charge in [-0.25, -0.2) is 9.78 Å². The topological polar surface area (TPSA) is 61.5 Å². The van der Waals surface area contributed by atoms with Crippen LogP contribution in [0.5, 0.6) is 5.75 Å². The highest BCUT2D eigenvalue weighted by Crippen LogP contribution is 2.35. The first-order valence-electron chi connectivity index (χ1n) is 16.1. The first-order valence-corrected chi connectivity index (χ1v) is 17.0. The number of carbonyl (C=O) groups excluding carboxylic acids is 1. The van der Waals surface area contributed by atoms with Gasteiger partial charge in [0.05, 0.1) is 27.3 Å². The predicted molar refractivity (Wildman–Crippen MR) is 183 cm³/mol. The lowest BCUT2D eigenvalue weighted by molar-refractivity contribution is 0.0126. The van der Waals surface area contributed by atoms with Crippen molar-refractivity contribution >= 4 is 27.6 Å². The highest BCUT2D eigenvalue weighted by molar-refractivity contribution is 7.17. The zero-order valence-electron chi connectivity index (χ0n) is 27.1. The van der Waals surface area contributed by atoms with Gasteiger partial charge in [0.1, 0.15) is 17.5 Å². The molecule has 0 bridgehead atoms. The summed E-state index contributed by atoms with van der Waals surface area (Å²) in [5.74, 6) is 1.92. The average Bonchev–Trinajstić information content (AvgIpc) is 3.72. The van der Waals surface area contributed by atoms with Crippen LogP contribution in [0.4, 0.5) is 4.79 Å². The quantitative estimate of drug-likeness (QED) is 0.165. The zero-order valence-corrected chi connectivity index (χ0v) is 27.9. The van der Waals surface area contributed by atoms with Crippen molar-refractivity contribution in [1.82, 2.24) is 19.0 Å². The third-order valence-corrected chi connectivity index (χ3v) is 9.33. The highest BCUT2D eigenvalue weighted by atomic mass is 32.1. The lowest BCUT2D eigenvalue weighted by atomic mass is 10.1. The summed E-state index contributed by atoms with van der Waals surface area (Å²) >= 11 is 1.78. The van der Waals surface area contributed by atoms with E-state index in [1.54, 1.807) is 16.2 Å². The number of imidazole rings is 1. The van der Waals surface area contributed by atoms with Crippen LogP contribution in [-0.2, 0) is 31.2 Å². The predicted octanol–water partition coefficient (Wildman–Crippen LogP) is 8.74. The number of piperidine rings is 1. The van der Waals surface area contributed by atoms with Crippen LogP contribution in [0.25, 0.3) is 33.0 Å². The van der Waals surface area contributed by atoms with Gasteiger partial charge >= 0.3 is 6.09 Å². The second-order valence-electron chi connectivity index (χ2n) is 12.9. The molecule has 1 aliphatic rings. The van der Waals surface area contributed by atoms with Crippen molar-refractivity contribution in [3.63, 3.8) is 0 Å². The molecule has 0 atom stereocenters. The summed E-state index contributed by atoms with van der Waals surface area (Å²) < 4.78 is 17.8. The molecule has 0 aliphatic carbocycles. The molecule has 1 fully saturated rings. The normalized spacial score (nSPS) is 14.3. The maximum atomic E-state index is 12.4. The van der Waals surface area contributed by atoms with E-state index in [-0.39, 0.29) is 12.2 Å². The monoisotopic (exact) mass is 624 g/mol. The zero-order chi connectivity index (χ0) is 31.6. The SMILES string of the molecule is CCc1nc(-c2cc3sccc3n2C)n(CCCc2ccc(OC3CCN(C(=O)OC(C)(C)C)CC3)cc2)c1-c1ccccc1. The van der Waals surface area contributed by atoms with E-state index in [0.29, 0.717) is 13.1 Å². The van der Waals surface area contributed by atoms with Crippen molar-refractivity contribution in [2.75, 3.05) is 13.1 Å². The van der Waals surface area contributed by atoms with Gasteiger partial charge in [-0.15, -0.1) is 11.3 Å². The Bertz CT molecular complexity index is 1740. The molecule has 0 spiro atoms. The molecule has 1 amide bonds. The average molecular weight is 625 g/mol. The second-order valence-corrected chi connectivity index (χ2v) is 13.8. The fourth-order valence-electron chi connectivity index (χ4n) is 6.20. The van der Waals surface area contributed by atoms with Gasteiger partial charge in [0.25, 0.3) is 0 Å². The molecule has 7 nitrogen and oxygen atoms in total. The van der Waals surface area contributed by atoms with Crippen molar-refractivity contribution in [3.8, 4) is 28.5 Å². The molecule has 2 aromatic carbocycles. The summed E-state index contributed by atoms with van der Waals surface area (Å²) in [5, 5.41) is 2.15. The van der Waals surface area contributed by atoms with Crippen LogP contribution in [-0.4, -0.2) is 49.9 Å². The van der Waals surface area contributed by atoms with Gasteiger partial charge in [-0.1, -0.05) is 49.4 Å². The largest absolute Gasteiger partial charge is 0.490 e. The van der Waals surface area contributed by atoms with Crippen LogP contribution in [0.3, 0.4) is 0 Å². The molecule has 45 heavy (non-hydrogen) atoms. The molecule has 8 heteroatoms. The Hall–Kier alpha value is -4.04. The lowest BCUT2D eigenvalue weighted by Crippen LogP contribution is -2.44. The number of thiophene rings is 1. The standard InChI is InChI=1S/C37H44N4O3S/c1-6-30-34(27-12-8-7-9-13-27)41(35(38-30)32-25-33-31(39(32)5)20-24-45-33)21-10-11-26-14-16-28(17-15-26)43-29-18-22-40(23-19-29)36(42)44-37(2,3)4/h7-9,12-17,20,24-25,29H,6,10-11,18-19,21-23H2,1-5H3. The molecule has 1 saturated heterocycles. The van der Waals surface area contributed by atoms with Crippen LogP contribution in [0.15, 0.2) is 72.1 Å². The summed E-state index contributed by atoms with van der Waals surface area (Å²) in [4.78, 5) is 19.4. The molecule has 1 aliphatic heterocycles. The lowest BCUT2D eigenvalue weighted by Gasteiger charge is -2.33. The summed E-state index contributed by atoms with van der Waals surface area (Å²) in [7, 11) is 2.14. The van der Waals surface area contributed by atoms with Crippen LogP contribution >= 0.6 is 11.3 Å². The van der Waals surface area contributed by atoms with E-state index in [4.69, 9.17) is 14.5 Å². The number of hydrogen-bond donors (Lipinski definition) is 0. The Kier molecular flexibility index (Phi) is 9.04. The fourth-order valence-corrected chi connectivity index (χ4v) is 7.05. The minimum absolute atomic E-state index is 0.103. The molecule has 3 aromatic heterocycles. The van der Waals surface area contributed by atoms with Crippen molar-refractivity contribution in [1.29, 1.82) is 0 Å². The molecule has 0 saturated carbocycles. The molecule has 4 heterocycles. The van der Waals surface area contributed by atoms with Crippen molar-refractivity contribution in [2.24, 2.45) is 7.05 Å². The number of hydrogen-bond acceptors (Lipinski definition) is 5. The number of nitrogens with zero attached hydrogens (tertiary/aromatic N) is 4. The van der Waals surface area contributed by atoms with Crippen molar-refractivity contribution in [2.45, 2.75) is 78.0 Å². The summed E-state index contributed by atoms with van der Waals surface area (Å²) in [6.07, 6.45) is 4.31. The minimum atomic E-state index is -0.478. The minimum Gasteiger partial charge on any atom is -0.490 e. The first kappa shape index (κ1) is 31.0. The number of ether oxygens (including phenoxy) is 2. The van der Waals surface area contributed by atoms with Gasteiger partial charge in [-0.05, 0) is 75.2 Å². The molecule has 0 radical (unpaired) electrons. The number of carbonyl (C=O) groups is 1. The van der Waals surface area contributed by atoms with E-state index in [1.165, 1.54) is 27.0 Å². The van der Waals surface area contributed by atoms with Crippen LogP contribution in [0.2, 0.25) is 0 Å². The first-order chi connectivity index (χ1) is 21.7. The maximum absolute atomic E-state index is 12.4. The summed E-state index contributed by atoms with van der Waals surface area (Å²) in [5.41, 5.74) is 6.79. The Morgan fingerprint density at radius 2 is 1.76 bits per heavy atom. The van der Waals surface area contributed by atoms with Gasteiger partial charge < -0.3 is 23.5 Å². The Morgan fingerprint density at radius 3 is 2.42 bits per heavy atom. The second kappa shape index (κ2) is 13.1. The van der Waals surface area contributed by atoms with E-state index < -0.39 is 5.60 Å². The van der Waals surface area contributed by atoms with Gasteiger partial charge in [-0.2, -0.15) is 0 Å². The van der Waals surface area contributed by atoms with Gasteiger partial charge in [0, 0.05) is 45.1 Å². The Morgan fingerprint density at radius 1 is 1.02 bits per heavy atom. The van der Waals surface area contributed by atoms with Crippen molar-refractivity contribution in [3.05, 3.63) is 83.4 Å². The number of rotatable bonds is 9. The van der Waals surface area contributed by atoms with E-state index in [9.17, 15) is 4.79 Å². The Labute approximate surface area is 270 Å². The number of fused-ring (bicyclic) bond motifs is 1. The Balaban J connectivity index is 1.12. The van der Waals surface area contributed by atoms with Crippen LogP contribution in [0, 0.1) is 0 Å². The van der Waals surface area contributed by atoms with Crippen LogP contribution < -0.4 is 4.74 Å². The van der Waals surface area contributed by atoms with Gasteiger partial charge in [-0.3, -0.25) is 0 Å². The fraction of sp³-hybridized carbons (Fsp3) is 0.405. The third kappa shape index (κ3) is 6.96. The number of aromatic nitrogens is 3. The van der Waals surface area contributed by atoms with E-state index in [1.807, 2.05) is 20.8 Å². The van der Waals surface area contributed by atoms with E-state index >= 15 is 0 Å². The van der Waals surface area contributed by atoms with Crippen molar-refractivity contribution < 1.29 is 14.3 Å². The molecule has 0 unspecified atom stereocenters. The van der Waals surface area contributed by atoms with Crippen LogP contribution in [0.1, 0.15) is 58.2 Å². The molecule has 0 N–H and O–H groups in total. The molecule has 6 rings (SSSR count). The molecule has 236 valence electrons. The molecular formula is C37H44N4O3S. The number of amides is 1. The highest BCUT2D eigenvalue weighted by Gasteiger charge is 2.28. The number of likely N-dealkylation sites (tertiary alicyclic amines) is 1. The smallest absolute Gasteiger partial charge is 0.410 e. The summed E-state index contributed by atoms with van der Waals surface area (Å²) in [6, 6.07) is 23.7. The number of aryl methyl sites for hydroxylation is 3. The molecular weight excluding hydrogens is 580 g/mol. The van der Waals surface area contributed by atoms with Gasteiger partial charge in [0.2, 0.25) is 0 Å². The van der Waals surface area contributed by atoms with E-state index in [2.05, 4.69) is 95.2 Å². The van der Waals surface area contributed by atoms with E-state index in [0.717, 1.165) is 61.6 Å². The maximum Gasteiger partial charge on any atom is 0.410 e. The molecule has 5 aromatic rings. The summed E-state index contributed by atoms with van der Waals surface area (Å²) in [6.45, 7) is 10.1.